The van der Waals surface area contributed by atoms with Crippen LogP contribution in [0, 0.1) is 36.6 Å². The number of likely N-dealkylation sites (tertiary alicyclic amines) is 2. The fraction of sp³-hybridized carbons (Fsp3) is 0.500. The second-order valence-electron chi connectivity index (χ2n) is 14.0. The Labute approximate surface area is 297 Å². The molecular weight excluding hydrogens is 666 g/mol. The number of rotatable bonds is 3. The largest absolute Gasteiger partial charge is 0.481 e. The van der Waals surface area contributed by atoms with Crippen LogP contribution in [0.4, 0.5) is 41.1 Å². The molecule has 15 heteroatoms. The summed E-state index contributed by atoms with van der Waals surface area (Å²) in [5, 5.41) is 11.4. The minimum atomic E-state index is -0.840. The van der Waals surface area contributed by atoms with Gasteiger partial charge in [0.05, 0.1) is 36.4 Å². The first-order chi connectivity index (χ1) is 23.7. The van der Waals surface area contributed by atoms with Gasteiger partial charge in [-0.15, -0.1) is 0 Å². The highest BCUT2D eigenvalue weighted by Gasteiger charge is 2.32. The predicted molar refractivity (Wildman–Crippen MR) is 187 cm³/mol. The summed E-state index contributed by atoms with van der Waals surface area (Å²) in [6.07, 6.45) is 1.76. The van der Waals surface area contributed by atoms with Gasteiger partial charge in [-0.3, -0.25) is 9.59 Å². The topological polar surface area (TPSA) is 160 Å². The quantitative estimate of drug-likeness (QED) is 0.216. The number of halogens is 2. The van der Waals surface area contributed by atoms with E-state index in [1.54, 1.807) is 41.5 Å². The van der Waals surface area contributed by atoms with Crippen molar-refractivity contribution in [2.24, 2.45) is 11.8 Å². The third-order valence-corrected chi connectivity index (χ3v) is 7.31. The van der Waals surface area contributed by atoms with Gasteiger partial charge < -0.3 is 35.4 Å². The Hall–Kier alpha value is -5.44. The molecule has 0 aromatic heterocycles. The number of nitrogens with two attached hydrogens (primary N) is 1. The Morgan fingerprint density at radius 2 is 1.25 bits per heavy atom. The van der Waals surface area contributed by atoms with Crippen molar-refractivity contribution in [2.75, 3.05) is 37.2 Å². The van der Waals surface area contributed by atoms with Crippen molar-refractivity contribution in [3.8, 4) is 0 Å². The fourth-order valence-corrected chi connectivity index (χ4v) is 4.87. The monoisotopic (exact) mass is 712 g/mol. The zero-order valence-electron chi connectivity index (χ0n) is 29.8. The summed E-state index contributed by atoms with van der Waals surface area (Å²) in [4.78, 5) is 56.4. The number of carbonyl (C=O) groups is 4. The van der Waals surface area contributed by atoms with Crippen LogP contribution in [0.3, 0.4) is 0 Å². The molecule has 2 heterocycles. The third kappa shape index (κ3) is 14.5. The SMILES string of the molecule is CC(C)(C)OC(=O)N1CCCC(C(=O)O)C1.[C-]#[N+]c1ccc(F)c(N)c1.[C-]#[N+]c1ccc(F)c(NC(=O)C2CCCN(C(=O)OC(C)(C)C)C2)c1. The predicted octanol–water partition coefficient (Wildman–Crippen LogP) is 7.64. The van der Waals surface area contributed by atoms with Crippen LogP contribution in [0.2, 0.25) is 0 Å². The number of carboxylic acids is 1. The number of hydrogen-bond donors (Lipinski definition) is 3. The molecule has 2 aromatic rings. The van der Waals surface area contributed by atoms with Crippen LogP contribution >= 0.6 is 0 Å². The van der Waals surface area contributed by atoms with Crippen LogP contribution in [0.1, 0.15) is 67.2 Å². The number of ether oxygens (including phenoxy) is 2. The molecular formula is C36H46F2N6O7. The number of carbonyl (C=O) groups excluding carboxylic acids is 3. The zero-order chi connectivity index (χ0) is 38.5. The van der Waals surface area contributed by atoms with Crippen LogP contribution in [0.25, 0.3) is 9.69 Å². The van der Waals surface area contributed by atoms with E-state index in [0.29, 0.717) is 38.0 Å². The molecule has 3 amide bonds. The summed E-state index contributed by atoms with van der Waals surface area (Å²) >= 11 is 0. The van der Waals surface area contributed by atoms with Crippen LogP contribution in [-0.2, 0) is 19.1 Å². The van der Waals surface area contributed by atoms with E-state index < -0.39 is 52.8 Å². The third-order valence-electron chi connectivity index (χ3n) is 7.31. The molecule has 276 valence electrons. The second-order valence-corrected chi connectivity index (χ2v) is 14.0. The lowest BCUT2D eigenvalue weighted by Gasteiger charge is -2.33. The van der Waals surface area contributed by atoms with Crippen LogP contribution in [-0.4, -0.2) is 76.4 Å². The minimum absolute atomic E-state index is 0.0205. The molecule has 0 spiro atoms. The maximum absolute atomic E-state index is 13.8. The van der Waals surface area contributed by atoms with Crippen molar-refractivity contribution in [1.29, 1.82) is 0 Å². The van der Waals surface area contributed by atoms with Gasteiger partial charge in [-0.2, -0.15) is 0 Å². The first kappa shape index (κ1) is 41.7. The van der Waals surface area contributed by atoms with Gasteiger partial charge in [-0.1, -0.05) is 12.1 Å². The molecule has 2 aliphatic heterocycles. The molecule has 2 saturated heterocycles. The molecule has 2 aromatic carbocycles. The average molecular weight is 713 g/mol. The lowest BCUT2D eigenvalue weighted by Crippen LogP contribution is -2.45. The summed E-state index contributed by atoms with van der Waals surface area (Å²) in [5.74, 6) is -3.19. The molecule has 2 aliphatic rings. The average Bonchev–Trinajstić information content (AvgIpc) is 3.06. The van der Waals surface area contributed by atoms with E-state index in [4.69, 9.17) is 33.5 Å². The fourth-order valence-electron chi connectivity index (χ4n) is 4.87. The Kier molecular flexibility index (Phi) is 15.2. The summed E-state index contributed by atoms with van der Waals surface area (Å²) in [6.45, 7) is 25.9. The molecule has 4 N–H and O–H groups in total. The number of nitrogen functional groups attached to an aromatic ring is 1. The number of amides is 3. The number of nitrogens with zero attached hydrogens (tertiary/aromatic N) is 4. The number of carboxylic acid groups (broad SMARTS) is 1. The Balaban J connectivity index is 0.000000295. The van der Waals surface area contributed by atoms with Crippen molar-refractivity contribution in [3.63, 3.8) is 0 Å². The van der Waals surface area contributed by atoms with Crippen molar-refractivity contribution in [3.05, 3.63) is 70.9 Å². The Morgan fingerprint density at radius 3 is 1.71 bits per heavy atom. The van der Waals surface area contributed by atoms with Crippen molar-refractivity contribution in [1.82, 2.24) is 9.80 Å². The van der Waals surface area contributed by atoms with Gasteiger partial charge in [0.25, 0.3) is 0 Å². The van der Waals surface area contributed by atoms with Crippen LogP contribution in [0.15, 0.2) is 36.4 Å². The Morgan fingerprint density at radius 1 is 0.804 bits per heavy atom. The molecule has 4 rings (SSSR count). The number of benzene rings is 2. The molecule has 0 saturated carbocycles. The number of hydrogen-bond acceptors (Lipinski definition) is 7. The summed E-state index contributed by atoms with van der Waals surface area (Å²) in [7, 11) is 0. The van der Waals surface area contributed by atoms with E-state index in [-0.39, 0.29) is 36.1 Å². The number of nitrogens with one attached hydrogen (secondary N) is 1. The zero-order valence-corrected chi connectivity index (χ0v) is 29.8. The van der Waals surface area contributed by atoms with E-state index in [9.17, 15) is 28.0 Å². The number of aliphatic carboxylic acids is 1. The van der Waals surface area contributed by atoms with E-state index in [1.807, 2.05) is 0 Å². The summed E-state index contributed by atoms with van der Waals surface area (Å²) in [6, 6.07) is 7.68. The van der Waals surface area contributed by atoms with Gasteiger partial charge in [0.15, 0.2) is 11.4 Å². The lowest BCUT2D eigenvalue weighted by atomic mass is 9.97. The van der Waals surface area contributed by atoms with E-state index in [1.165, 1.54) is 40.1 Å². The molecule has 2 atom stereocenters. The van der Waals surface area contributed by atoms with Gasteiger partial charge in [-0.05, 0) is 91.5 Å². The van der Waals surface area contributed by atoms with Gasteiger partial charge in [0.2, 0.25) is 5.91 Å². The molecule has 0 bridgehead atoms. The molecule has 13 nitrogen and oxygen atoms in total. The summed E-state index contributed by atoms with van der Waals surface area (Å²) < 4.78 is 36.8. The van der Waals surface area contributed by atoms with Gasteiger partial charge >= 0.3 is 18.2 Å². The maximum Gasteiger partial charge on any atom is 0.410 e. The van der Waals surface area contributed by atoms with Crippen LogP contribution in [0.5, 0.6) is 0 Å². The Bertz CT molecular complexity index is 1640. The van der Waals surface area contributed by atoms with Crippen molar-refractivity contribution < 1.29 is 42.5 Å². The van der Waals surface area contributed by atoms with Gasteiger partial charge in [-0.25, -0.2) is 28.1 Å². The molecule has 2 unspecified atom stereocenters. The van der Waals surface area contributed by atoms with Crippen molar-refractivity contribution >= 4 is 46.8 Å². The standard InChI is InChI=1S/C18H22FN3O3.C11H19NO4.C7H5FN2/c1-18(2,3)25-17(24)22-9-5-6-12(11-22)16(23)21-15-10-13(20-4)7-8-14(15)19;1-11(2,3)16-10(15)12-6-4-5-8(7-12)9(13)14;1-10-5-2-3-6(8)7(9)4-5/h7-8,10,12H,5-6,9,11H2,1-3H3,(H,21,23);8H,4-7H2,1-3H3,(H,13,14);2-4H,9H2. The highest BCUT2D eigenvalue weighted by atomic mass is 19.1. The molecule has 2 fully saturated rings. The number of piperidine rings is 2. The van der Waals surface area contributed by atoms with E-state index in [2.05, 4.69) is 15.0 Å². The number of anilines is 2. The smallest absolute Gasteiger partial charge is 0.410 e. The highest BCUT2D eigenvalue weighted by Crippen LogP contribution is 2.25. The molecule has 0 aliphatic carbocycles. The maximum atomic E-state index is 13.8. The first-order valence-corrected chi connectivity index (χ1v) is 16.3. The van der Waals surface area contributed by atoms with E-state index >= 15 is 0 Å². The normalized spacial score (nSPS) is 17.1. The lowest BCUT2D eigenvalue weighted by molar-refractivity contribution is -0.143. The van der Waals surface area contributed by atoms with E-state index in [0.717, 1.165) is 12.5 Å². The van der Waals surface area contributed by atoms with Gasteiger partial charge in [0.1, 0.15) is 22.8 Å². The second kappa shape index (κ2) is 18.5. The van der Waals surface area contributed by atoms with Crippen LogP contribution < -0.4 is 11.1 Å². The summed E-state index contributed by atoms with van der Waals surface area (Å²) in [5.41, 5.74) is 4.65. The highest BCUT2D eigenvalue weighted by molar-refractivity contribution is 5.93. The molecule has 0 radical (unpaired) electrons. The van der Waals surface area contributed by atoms with Gasteiger partial charge in [0, 0.05) is 26.2 Å². The molecule has 51 heavy (non-hydrogen) atoms. The minimum Gasteiger partial charge on any atom is -0.481 e. The van der Waals surface area contributed by atoms with Crippen molar-refractivity contribution in [2.45, 2.75) is 78.4 Å². The first-order valence-electron chi connectivity index (χ1n) is 16.3.